The number of H-pyrrole nitrogens is 1. The zero-order chi connectivity index (χ0) is 28.0. The van der Waals surface area contributed by atoms with Crippen molar-refractivity contribution >= 4 is 68.1 Å². The number of nitrogens with one attached hydrogen (secondary N) is 2. The minimum Gasteiger partial charge on any atom is -0.484 e. The summed E-state index contributed by atoms with van der Waals surface area (Å²) in [6.07, 6.45) is 0. The van der Waals surface area contributed by atoms with Crippen molar-refractivity contribution in [3.63, 3.8) is 0 Å². The molecule has 2 aliphatic heterocycles. The molecule has 202 valence electrons. The molecule has 3 atom stereocenters. The standard InChI is InChI=1S/C29H22BrN3O5S2/c1-15-4-2-6-18(12-15)31-21(34)14-38-20-7-3-5-16(13-20)22-23-25(39-26-24(22)40-29(37)32-26)28(36)33(27(23)35)19-10-8-17(30)9-11-19/h2-13,22-23,25H,14H2,1H3,(H,31,34)(H,32,37)/t22-,23-,25+/m0/s1. The number of amides is 3. The van der Waals surface area contributed by atoms with Crippen LogP contribution in [0.15, 0.2) is 87.1 Å². The maximum atomic E-state index is 13.8. The van der Waals surface area contributed by atoms with Gasteiger partial charge in [-0.25, -0.2) is 4.90 Å². The van der Waals surface area contributed by atoms with Gasteiger partial charge in [0.15, 0.2) is 6.61 Å². The molecule has 3 amide bonds. The molecule has 1 aromatic heterocycles. The third-order valence-electron chi connectivity index (χ3n) is 6.80. The van der Waals surface area contributed by atoms with Crippen molar-refractivity contribution in [2.24, 2.45) is 5.92 Å². The average Bonchev–Trinajstić information content (AvgIpc) is 3.42. The summed E-state index contributed by atoms with van der Waals surface area (Å²) in [5.74, 6) is -1.74. The summed E-state index contributed by atoms with van der Waals surface area (Å²) in [6.45, 7) is 1.74. The van der Waals surface area contributed by atoms with Gasteiger partial charge in [-0.2, -0.15) is 0 Å². The summed E-state index contributed by atoms with van der Waals surface area (Å²) in [6, 6.07) is 21.6. The normalized spacial score (nSPS) is 19.8. The first-order chi connectivity index (χ1) is 19.3. The van der Waals surface area contributed by atoms with Crippen molar-refractivity contribution in [3.05, 3.63) is 103 Å². The van der Waals surface area contributed by atoms with Crippen LogP contribution in [0, 0.1) is 12.8 Å². The van der Waals surface area contributed by atoms with Crippen molar-refractivity contribution in [2.75, 3.05) is 16.8 Å². The lowest BCUT2D eigenvalue weighted by molar-refractivity contribution is -0.122. The maximum absolute atomic E-state index is 13.8. The Bertz CT molecular complexity index is 1700. The van der Waals surface area contributed by atoms with E-state index in [1.165, 1.54) is 16.7 Å². The molecular weight excluding hydrogens is 614 g/mol. The smallest absolute Gasteiger partial charge is 0.305 e. The van der Waals surface area contributed by atoms with E-state index in [4.69, 9.17) is 4.74 Å². The van der Waals surface area contributed by atoms with E-state index >= 15 is 0 Å². The number of fused-ring (bicyclic) bond motifs is 2. The lowest BCUT2D eigenvalue weighted by Crippen LogP contribution is -2.32. The number of thioether (sulfide) groups is 1. The molecule has 2 aliphatic rings. The Kier molecular flexibility index (Phi) is 7.11. The zero-order valence-electron chi connectivity index (χ0n) is 21.1. The fourth-order valence-corrected chi connectivity index (χ4v) is 7.87. The first-order valence-electron chi connectivity index (χ1n) is 12.4. The number of carbonyl (C=O) groups excluding carboxylic acids is 3. The summed E-state index contributed by atoms with van der Waals surface area (Å²) < 4.78 is 6.64. The molecule has 11 heteroatoms. The number of anilines is 2. The van der Waals surface area contributed by atoms with Crippen molar-refractivity contribution < 1.29 is 19.1 Å². The van der Waals surface area contributed by atoms with E-state index in [0.717, 1.165) is 26.9 Å². The number of benzene rings is 3. The molecule has 3 aromatic carbocycles. The molecule has 40 heavy (non-hydrogen) atoms. The van der Waals surface area contributed by atoms with E-state index < -0.39 is 17.1 Å². The van der Waals surface area contributed by atoms with Gasteiger partial charge in [-0.05, 0) is 66.6 Å². The van der Waals surface area contributed by atoms with Crippen LogP contribution in [0.2, 0.25) is 0 Å². The summed E-state index contributed by atoms with van der Waals surface area (Å²) in [5.41, 5.74) is 2.94. The summed E-state index contributed by atoms with van der Waals surface area (Å²) in [4.78, 5) is 56.8. The van der Waals surface area contributed by atoms with Crippen LogP contribution in [0.5, 0.6) is 5.75 Å². The van der Waals surface area contributed by atoms with Crippen molar-refractivity contribution in [2.45, 2.75) is 23.1 Å². The monoisotopic (exact) mass is 635 g/mol. The van der Waals surface area contributed by atoms with E-state index in [9.17, 15) is 19.2 Å². The molecule has 3 heterocycles. The molecule has 0 unspecified atom stereocenters. The summed E-state index contributed by atoms with van der Waals surface area (Å²) in [5, 5.41) is 2.73. The van der Waals surface area contributed by atoms with Crippen LogP contribution in [0.3, 0.4) is 0 Å². The van der Waals surface area contributed by atoms with E-state index in [0.29, 0.717) is 27.0 Å². The van der Waals surface area contributed by atoms with Gasteiger partial charge >= 0.3 is 4.87 Å². The number of hydrogen-bond acceptors (Lipinski definition) is 7. The Morgan fingerprint density at radius 2 is 1.80 bits per heavy atom. The topological polar surface area (TPSA) is 109 Å². The van der Waals surface area contributed by atoms with Gasteiger partial charge in [0, 0.05) is 21.0 Å². The van der Waals surface area contributed by atoms with Crippen LogP contribution in [-0.4, -0.2) is 34.6 Å². The third kappa shape index (κ3) is 5.00. The summed E-state index contributed by atoms with van der Waals surface area (Å²) in [7, 11) is 0. The largest absolute Gasteiger partial charge is 0.484 e. The number of aromatic nitrogens is 1. The number of carbonyl (C=O) groups is 3. The van der Waals surface area contributed by atoms with Gasteiger partial charge in [-0.3, -0.25) is 19.2 Å². The first kappa shape index (κ1) is 26.5. The highest BCUT2D eigenvalue weighted by Gasteiger charge is 2.56. The summed E-state index contributed by atoms with van der Waals surface area (Å²) >= 11 is 5.67. The minimum absolute atomic E-state index is 0.207. The van der Waals surface area contributed by atoms with Crippen LogP contribution in [0.1, 0.15) is 21.9 Å². The molecular formula is C29H22BrN3O5S2. The van der Waals surface area contributed by atoms with Gasteiger partial charge < -0.3 is 15.0 Å². The molecule has 6 rings (SSSR count). The third-order valence-corrected chi connectivity index (χ3v) is 9.73. The minimum atomic E-state index is -0.708. The van der Waals surface area contributed by atoms with Crippen LogP contribution in [0.4, 0.5) is 11.4 Å². The molecule has 0 radical (unpaired) electrons. The van der Waals surface area contributed by atoms with Gasteiger partial charge in [-0.1, -0.05) is 63.3 Å². The highest BCUT2D eigenvalue weighted by molar-refractivity contribution is 9.10. The second kappa shape index (κ2) is 10.7. The quantitative estimate of drug-likeness (QED) is 0.278. The van der Waals surface area contributed by atoms with Gasteiger partial charge in [-0.15, -0.1) is 0 Å². The van der Waals surface area contributed by atoms with Gasteiger partial charge in [0.05, 0.1) is 16.6 Å². The Morgan fingerprint density at radius 3 is 2.58 bits per heavy atom. The zero-order valence-corrected chi connectivity index (χ0v) is 24.3. The number of imide groups is 1. The highest BCUT2D eigenvalue weighted by atomic mass is 79.9. The Labute approximate surface area is 245 Å². The van der Waals surface area contributed by atoms with E-state index in [1.54, 1.807) is 48.5 Å². The van der Waals surface area contributed by atoms with E-state index in [2.05, 4.69) is 26.2 Å². The number of aryl methyl sites for hydroxylation is 1. The Hall–Kier alpha value is -3.67. The van der Waals surface area contributed by atoms with Crippen LogP contribution < -0.4 is 19.8 Å². The van der Waals surface area contributed by atoms with Crippen LogP contribution >= 0.6 is 39.0 Å². The fraction of sp³-hybridized carbons (Fsp3) is 0.172. The molecule has 0 aliphatic carbocycles. The second-order valence-corrected chi connectivity index (χ2v) is 12.6. The molecule has 8 nitrogen and oxygen atoms in total. The number of halogens is 1. The molecule has 0 saturated carbocycles. The predicted molar refractivity (Wildman–Crippen MR) is 158 cm³/mol. The molecule has 0 bridgehead atoms. The van der Waals surface area contributed by atoms with E-state index in [-0.39, 0.29) is 29.2 Å². The highest BCUT2D eigenvalue weighted by Crippen LogP contribution is 2.53. The van der Waals surface area contributed by atoms with Crippen molar-refractivity contribution in [1.29, 1.82) is 0 Å². The van der Waals surface area contributed by atoms with Gasteiger partial charge in [0.1, 0.15) is 11.0 Å². The lowest BCUT2D eigenvalue weighted by atomic mass is 9.83. The fourth-order valence-electron chi connectivity index (χ4n) is 5.09. The number of thiazole rings is 1. The SMILES string of the molecule is Cc1cccc(NC(=O)COc2cccc([C@@H]3c4sc(=O)[nH]c4S[C@H]4C(=O)N(c5ccc(Br)cc5)C(=O)[C@@H]34)c2)c1. The number of nitrogens with zero attached hydrogens (tertiary/aromatic N) is 1. The maximum Gasteiger partial charge on any atom is 0.305 e. The number of ether oxygens (including phenoxy) is 1. The van der Waals surface area contributed by atoms with Gasteiger partial charge in [0.2, 0.25) is 11.8 Å². The van der Waals surface area contributed by atoms with Gasteiger partial charge in [0.25, 0.3) is 5.91 Å². The van der Waals surface area contributed by atoms with E-state index in [1.807, 2.05) is 31.2 Å². The average molecular weight is 637 g/mol. The Morgan fingerprint density at radius 1 is 1.02 bits per heavy atom. The second-order valence-electron chi connectivity index (χ2n) is 9.52. The van der Waals surface area contributed by atoms with Crippen LogP contribution in [-0.2, 0) is 14.4 Å². The Balaban J connectivity index is 1.29. The first-order valence-corrected chi connectivity index (χ1v) is 14.9. The lowest BCUT2D eigenvalue weighted by Gasteiger charge is -2.30. The van der Waals surface area contributed by atoms with Crippen molar-refractivity contribution in [1.82, 2.24) is 4.98 Å². The van der Waals surface area contributed by atoms with Crippen molar-refractivity contribution in [3.8, 4) is 5.75 Å². The molecule has 1 fully saturated rings. The number of hydrogen-bond donors (Lipinski definition) is 2. The molecule has 1 saturated heterocycles. The molecule has 2 N–H and O–H groups in total. The predicted octanol–water partition coefficient (Wildman–Crippen LogP) is 5.32. The van der Waals surface area contributed by atoms with Crippen LogP contribution in [0.25, 0.3) is 0 Å². The number of aromatic amines is 1. The molecule has 4 aromatic rings. The molecule has 0 spiro atoms. The number of rotatable bonds is 6.